The van der Waals surface area contributed by atoms with Gasteiger partial charge in [0.2, 0.25) is 5.91 Å². The molecule has 0 saturated heterocycles. The zero-order valence-electron chi connectivity index (χ0n) is 11.0. The van der Waals surface area contributed by atoms with Crippen LogP contribution in [0, 0.1) is 6.92 Å². The van der Waals surface area contributed by atoms with E-state index in [4.69, 9.17) is 4.42 Å². The SMILES string of the molecule is Cc1ccc(CNC(=O)c2ccc3c(c2)CC(=O)N3)o1. The summed E-state index contributed by atoms with van der Waals surface area (Å²) in [7, 11) is 0. The molecule has 2 N–H and O–H groups in total. The number of carbonyl (C=O) groups excluding carboxylic acids is 2. The van der Waals surface area contributed by atoms with Gasteiger partial charge < -0.3 is 15.1 Å². The summed E-state index contributed by atoms with van der Waals surface area (Å²) in [5.41, 5.74) is 2.19. The van der Waals surface area contributed by atoms with Crippen molar-refractivity contribution in [3.05, 3.63) is 53.0 Å². The average Bonchev–Trinajstić information content (AvgIpc) is 2.99. The van der Waals surface area contributed by atoms with Crippen LogP contribution in [-0.4, -0.2) is 11.8 Å². The first-order valence-corrected chi connectivity index (χ1v) is 6.38. The van der Waals surface area contributed by atoms with Gasteiger partial charge in [-0.15, -0.1) is 0 Å². The van der Waals surface area contributed by atoms with Crippen molar-refractivity contribution in [3.63, 3.8) is 0 Å². The molecule has 2 aromatic rings. The number of anilines is 1. The van der Waals surface area contributed by atoms with Crippen LogP contribution >= 0.6 is 0 Å². The number of nitrogens with one attached hydrogen (secondary N) is 2. The molecular weight excluding hydrogens is 256 g/mol. The maximum atomic E-state index is 12.0. The van der Waals surface area contributed by atoms with Crippen LogP contribution in [0.4, 0.5) is 5.69 Å². The molecular formula is C15H14N2O3. The van der Waals surface area contributed by atoms with Crippen molar-refractivity contribution >= 4 is 17.5 Å². The molecule has 1 aliphatic rings. The van der Waals surface area contributed by atoms with E-state index in [9.17, 15) is 9.59 Å². The Bertz CT molecular complexity index is 688. The molecule has 0 spiro atoms. The molecule has 1 aliphatic heterocycles. The number of rotatable bonds is 3. The maximum absolute atomic E-state index is 12.0. The van der Waals surface area contributed by atoms with Crippen LogP contribution in [0.2, 0.25) is 0 Å². The minimum atomic E-state index is -0.179. The third-order valence-corrected chi connectivity index (χ3v) is 3.21. The van der Waals surface area contributed by atoms with Crippen LogP contribution < -0.4 is 10.6 Å². The highest BCUT2D eigenvalue weighted by Gasteiger charge is 2.19. The smallest absolute Gasteiger partial charge is 0.251 e. The molecule has 0 unspecified atom stereocenters. The molecule has 0 radical (unpaired) electrons. The molecule has 0 aliphatic carbocycles. The van der Waals surface area contributed by atoms with Gasteiger partial charge in [-0.05, 0) is 42.8 Å². The number of hydrogen-bond acceptors (Lipinski definition) is 3. The Kier molecular flexibility index (Phi) is 3.02. The molecule has 2 amide bonds. The van der Waals surface area contributed by atoms with E-state index in [1.807, 2.05) is 19.1 Å². The van der Waals surface area contributed by atoms with Crippen molar-refractivity contribution in [2.75, 3.05) is 5.32 Å². The van der Waals surface area contributed by atoms with Crippen molar-refractivity contribution in [1.82, 2.24) is 5.32 Å². The molecule has 2 heterocycles. The van der Waals surface area contributed by atoms with Crippen molar-refractivity contribution in [2.45, 2.75) is 19.9 Å². The van der Waals surface area contributed by atoms with Gasteiger partial charge in [-0.25, -0.2) is 0 Å². The molecule has 0 atom stereocenters. The van der Waals surface area contributed by atoms with Crippen LogP contribution in [0.25, 0.3) is 0 Å². The second kappa shape index (κ2) is 4.85. The molecule has 5 nitrogen and oxygen atoms in total. The van der Waals surface area contributed by atoms with E-state index in [1.165, 1.54) is 0 Å². The standard InChI is InChI=1S/C15H14N2O3/c1-9-2-4-12(20-9)8-16-15(19)10-3-5-13-11(6-10)7-14(18)17-13/h2-6H,7-8H2,1H3,(H,16,19)(H,17,18). The Hall–Kier alpha value is -2.56. The van der Waals surface area contributed by atoms with Gasteiger partial charge in [0.25, 0.3) is 5.91 Å². The summed E-state index contributed by atoms with van der Waals surface area (Å²) in [4.78, 5) is 23.3. The van der Waals surface area contributed by atoms with E-state index >= 15 is 0 Å². The highest BCUT2D eigenvalue weighted by molar-refractivity contribution is 6.01. The van der Waals surface area contributed by atoms with E-state index in [1.54, 1.807) is 18.2 Å². The summed E-state index contributed by atoms with van der Waals surface area (Å²) in [5, 5.41) is 5.53. The van der Waals surface area contributed by atoms with Gasteiger partial charge in [-0.3, -0.25) is 9.59 Å². The largest absolute Gasteiger partial charge is 0.465 e. The van der Waals surface area contributed by atoms with Crippen LogP contribution in [0.5, 0.6) is 0 Å². The maximum Gasteiger partial charge on any atom is 0.251 e. The average molecular weight is 270 g/mol. The fourth-order valence-corrected chi connectivity index (χ4v) is 2.22. The lowest BCUT2D eigenvalue weighted by atomic mass is 10.1. The summed E-state index contributed by atoms with van der Waals surface area (Å²) in [6.45, 7) is 2.21. The van der Waals surface area contributed by atoms with Crippen molar-refractivity contribution < 1.29 is 14.0 Å². The topological polar surface area (TPSA) is 71.3 Å². The number of fused-ring (bicyclic) bond motifs is 1. The highest BCUT2D eigenvalue weighted by atomic mass is 16.3. The second-order valence-corrected chi connectivity index (χ2v) is 4.79. The van der Waals surface area contributed by atoms with Crippen LogP contribution in [0.3, 0.4) is 0 Å². The molecule has 5 heteroatoms. The second-order valence-electron chi connectivity index (χ2n) is 4.79. The molecule has 1 aromatic carbocycles. The van der Waals surface area contributed by atoms with E-state index in [2.05, 4.69) is 10.6 Å². The van der Waals surface area contributed by atoms with Gasteiger partial charge in [0.1, 0.15) is 11.5 Å². The fraction of sp³-hybridized carbons (Fsp3) is 0.200. The predicted molar refractivity (Wildman–Crippen MR) is 73.4 cm³/mol. The number of hydrogen-bond donors (Lipinski definition) is 2. The van der Waals surface area contributed by atoms with Crippen LogP contribution in [0.1, 0.15) is 27.4 Å². The zero-order chi connectivity index (χ0) is 14.1. The summed E-state index contributed by atoms with van der Waals surface area (Å²) < 4.78 is 5.39. The lowest BCUT2D eigenvalue weighted by Crippen LogP contribution is -2.22. The van der Waals surface area contributed by atoms with Gasteiger partial charge in [-0.2, -0.15) is 0 Å². The summed E-state index contributed by atoms with van der Waals surface area (Å²) in [6.07, 6.45) is 0.327. The minimum absolute atomic E-state index is 0.0383. The van der Waals surface area contributed by atoms with E-state index < -0.39 is 0 Å². The fourth-order valence-electron chi connectivity index (χ4n) is 2.22. The molecule has 0 saturated carbocycles. The number of benzene rings is 1. The monoisotopic (exact) mass is 270 g/mol. The number of aryl methyl sites for hydroxylation is 1. The quantitative estimate of drug-likeness (QED) is 0.896. The van der Waals surface area contributed by atoms with Crippen molar-refractivity contribution in [2.24, 2.45) is 0 Å². The van der Waals surface area contributed by atoms with Crippen LogP contribution in [-0.2, 0) is 17.8 Å². The summed E-state index contributed by atoms with van der Waals surface area (Å²) in [5.74, 6) is 1.31. The molecule has 3 rings (SSSR count). The number of carbonyl (C=O) groups is 2. The highest BCUT2D eigenvalue weighted by Crippen LogP contribution is 2.23. The Morgan fingerprint density at radius 2 is 2.20 bits per heavy atom. The lowest BCUT2D eigenvalue weighted by molar-refractivity contribution is -0.115. The molecule has 20 heavy (non-hydrogen) atoms. The summed E-state index contributed by atoms with van der Waals surface area (Å²) in [6, 6.07) is 8.89. The summed E-state index contributed by atoms with van der Waals surface area (Å²) >= 11 is 0. The third-order valence-electron chi connectivity index (χ3n) is 3.21. The van der Waals surface area contributed by atoms with E-state index in [0.29, 0.717) is 24.3 Å². The van der Waals surface area contributed by atoms with Gasteiger partial charge in [0, 0.05) is 11.3 Å². The Labute approximate surface area is 116 Å². The van der Waals surface area contributed by atoms with Gasteiger partial charge in [0.05, 0.1) is 13.0 Å². The minimum Gasteiger partial charge on any atom is -0.465 e. The Morgan fingerprint density at radius 1 is 1.35 bits per heavy atom. The first-order chi connectivity index (χ1) is 9.61. The third kappa shape index (κ3) is 2.42. The zero-order valence-corrected chi connectivity index (χ0v) is 11.0. The molecule has 0 fully saturated rings. The lowest BCUT2D eigenvalue weighted by Gasteiger charge is -2.05. The Balaban J connectivity index is 1.69. The van der Waals surface area contributed by atoms with Gasteiger partial charge >= 0.3 is 0 Å². The van der Waals surface area contributed by atoms with Crippen LogP contribution in [0.15, 0.2) is 34.7 Å². The number of amides is 2. The molecule has 0 bridgehead atoms. The van der Waals surface area contributed by atoms with Gasteiger partial charge in [0.15, 0.2) is 0 Å². The molecule has 102 valence electrons. The van der Waals surface area contributed by atoms with E-state index in [-0.39, 0.29) is 11.8 Å². The number of furan rings is 1. The Morgan fingerprint density at radius 3 is 2.95 bits per heavy atom. The van der Waals surface area contributed by atoms with E-state index in [0.717, 1.165) is 17.0 Å². The molecule has 1 aromatic heterocycles. The van der Waals surface area contributed by atoms with Gasteiger partial charge in [-0.1, -0.05) is 0 Å². The first kappa shape index (κ1) is 12.5. The van der Waals surface area contributed by atoms with Crippen molar-refractivity contribution in [3.8, 4) is 0 Å². The van der Waals surface area contributed by atoms with Crippen molar-refractivity contribution in [1.29, 1.82) is 0 Å². The first-order valence-electron chi connectivity index (χ1n) is 6.38. The predicted octanol–water partition coefficient (Wildman–Crippen LogP) is 2.01. The normalized spacial score (nSPS) is 12.9.